The van der Waals surface area contributed by atoms with Gasteiger partial charge in [-0.15, -0.1) is 0 Å². The fourth-order valence-corrected chi connectivity index (χ4v) is 2.77. The van der Waals surface area contributed by atoms with Gasteiger partial charge in [0.05, 0.1) is 5.56 Å². The number of benzene rings is 2. The topological polar surface area (TPSA) is 42.2 Å². The van der Waals surface area contributed by atoms with E-state index in [9.17, 15) is 14.3 Å². The summed E-state index contributed by atoms with van der Waals surface area (Å²) in [6.07, 6.45) is 0. The fraction of sp³-hybridized carbons (Fsp3) is 0.150. The molecule has 1 heterocycles. The first-order chi connectivity index (χ1) is 11.5. The van der Waals surface area contributed by atoms with Crippen LogP contribution in [0.4, 0.5) is 4.39 Å². The molecule has 122 valence electrons. The number of aromatic nitrogens is 1. The number of halogens is 1. The van der Waals surface area contributed by atoms with Crippen LogP contribution in [0, 0.1) is 5.82 Å². The highest BCUT2D eigenvalue weighted by atomic mass is 19.1. The molecule has 2 aromatic carbocycles. The van der Waals surface area contributed by atoms with E-state index in [1.54, 1.807) is 30.3 Å². The Kier molecular flexibility index (Phi) is 4.21. The second-order valence-corrected chi connectivity index (χ2v) is 5.97. The summed E-state index contributed by atoms with van der Waals surface area (Å²) in [5, 5.41) is 10.4. The first-order valence-electron chi connectivity index (χ1n) is 7.79. The van der Waals surface area contributed by atoms with Gasteiger partial charge < -0.3 is 5.11 Å². The van der Waals surface area contributed by atoms with Gasteiger partial charge in [0.25, 0.3) is 5.56 Å². The Balaban J connectivity index is 2.34. The Hall–Kier alpha value is -2.88. The molecular formula is C20H18FNO2. The summed E-state index contributed by atoms with van der Waals surface area (Å²) in [5.74, 6) is -0.397. The van der Waals surface area contributed by atoms with Gasteiger partial charge >= 0.3 is 0 Å². The number of pyridine rings is 1. The predicted octanol–water partition coefficient (Wildman–Crippen LogP) is 4.47. The quantitative estimate of drug-likeness (QED) is 0.772. The van der Waals surface area contributed by atoms with Crippen molar-refractivity contribution in [3.63, 3.8) is 0 Å². The molecule has 0 atom stereocenters. The summed E-state index contributed by atoms with van der Waals surface area (Å²) in [5.41, 5.74) is 1.80. The number of nitrogens with zero attached hydrogens (tertiary/aromatic N) is 1. The zero-order valence-electron chi connectivity index (χ0n) is 13.5. The highest BCUT2D eigenvalue weighted by molar-refractivity contribution is 5.70. The first-order valence-corrected chi connectivity index (χ1v) is 7.79. The molecular weight excluding hydrogens is 305 g/mol. The second-order valence-electron chi connectivity index (χ2n) is 5.97. The molecule has 4 heteroatoms. The van der Waals surface area contributed by atoms with Gasteiger partial charge in [-0.25, -0.2) is 4.39 Å². The molecule has 0 saturated heterocycles. The maximum absolute atomic E-state index is 13.2. The van der Waals surface area contributed by atoms with Crippen molar-refractivity contribution in [1.82, 2.24) is 4.57 Å². The molecule has 24 heavy (non-hydrogen) atoms. The van der Waals surface area contributed by atoms with Gasteiger partial charge in [-0.3, -0.25) is 9.36 Å². The third kappa shape index (κ3) is 2.83. The Morgan fingerprint density at radius 3 is 2.21 bits per heavy atom. The molecule has 0 bridgehead atoms. The fourth-order valence-electron chi connectivity index (χ4n) is 2.77. The van der Waals surface area contributed by atoms with Crippen LogP contribution in [0.25, 0.3) is 16.8 Å². The Labute approximate surface area is 139 Å². The van der Waals surface area contributed by atoms with E-state index in [1.807, 2.05) is 32.0 Å². The number of hydrogen-bond donors (Lipinski definition) is 1. The van der Waals surface area contributed by atoms with E-state index in [2.05, 4.69) is 0 Å². The minimum atomic E-state index is -0.361. The molecule has 0 fully saturated rings. The van der Waals surface area contributed by atoms with E-state index in [4.69, 9.17) is 0 Å². The Morgan fingerprint density at radius 1 is 1.00 bits per heavy atom. The minimum Gasteiger partial charge on any atom is -0.507 e. The molecule has 3 rings (SSSR count). The molecule has 0 spiro atoms. The lowest BCUT2D eigenvalue weighted by atomic mass is 10.0. The molecule has 1 N–H and O–H groups in total. The summed E-state index contributed by atoms with van der Waals surface area (Å²) in [7, 11) is 0. The van der Waals surface area contributed by atoms with Gasteiger partial charge in [0, 0.05) is 17.4 Å². The molecule has 3 aromatic rings. The minimum absolute atomic E-state index is 0.0125. The van der Waals surface area contributed by atoms with Gasteiger partial charge in [0.1, 0.15) is 11.6 Å². The van der Waals surface area contributed by atoms with E-state index in [0.717, 1.165) is 0 Å². The van der Waals surface area contributed by atoms with Crippen LogP contribution in [-0.4, -0.2) is 9.67 Å². The summed E-state index contributed by atoms with van der Waals surface area (Å²) in [6, 6.07) is 16.4. The monoisotopic (exact) mass is 323 g/mol. The Morgan fingerprint density at radius 2 is 1.62 bits per heavy atom. The van der Waals surface area contributed by atoms with Gasteiger partial charge in [-0.2, -0.15) is 0 Å². The molecule has 0 aliphatic heterocycles. The van der Waals surface area contributed by atoms with Crippen LogP contribution >= 0.6 is 0 Å². The molecule has 1 aromatic heterocycles. The maximum atomic E-state index is 13.2. The highest BCUT2D eigenvalue weighted by Crippen LogP contribution is 2.30. The highest BCUT2D eigenvalue weighted by Gasteiger charge is 2.18. The van der Waals surface area contributed by atoms with Crippen molar-refractivity contribution < 1.29 is 9.50 Å². The summed E-state index contributed by atoms with van der Waals surface area (Å²) < 4.78 is 14.8. The number of rotatable bonds is 3. The number of aromatic hydroxyl groups is 1. The standard InChI is InChI=1S/C20H18FNO2/c1-13(2)17-12-18(23)19(14-6-4-3-5-7-14)20(24)22(17)16-10-8-15(21)9-11-16/h3-13,23H,1-2H3. The van der Waals surface area contributed by atoms with Crippen molar-refractivity contribution in [2.24, 2.45) is 0 Å². The number of hydrogen-bond acceptors (Lipinski definition) is 2. The van der Waals surface area contributed by atoms with Crippen LogP contribution in [0.2, 0.25) is 0 Å². The smallest absolute Gasteiger partial charge is 0.266 e. The Bertz CT molecular complexity index is 913. The van der Waals surface area contributed by atoms with Crippen molar-refractivity contribution in [3.05, 3.63) is 82.5 Å². The molecule has 0 amide bonds. The molecule has 0 radical (unpaired) electrons. The molecule has 0 unspecified atom stereocenters. The average molecular weight is 323 g/mol. The van der Waals surface area contributed by atoms with Gasteiger partial charge in [-0.1, -0.05) is 44.2 Å². The zero-order valence-corrected chi connectivity index (χ0v) is 13.5. The normalized spacial score (nSPS) is 11.0. The van der Waals surface area contributed by atoms with Gasteiger partial charge in [0.2, 0.25) is 0 Å². The summed E-state index contributed by atoms with van der Waals surface area (Å²) >= 11 is 0. The molecule has 0 aliphatic carbocycles. The predicted molar refractivity (Wildman–Crippen MR) is 93.2 cm³/mol. The molecule has 0 aliphatic rings. The van der Waals surface area contributed by atoms with Crippen LogP contribution in [0.15, 0.2) is 65.5 Å². The summed E-state index contributed by atoms with van der Waals surface area (Å²) in [6.45, 7) is 3.88. The molecule has 0 saturated carbocycles. The third-order valence-electron chi connectivity index (χ3n) is 3.95. The van der Waals surface area contributed by atoms with Crippen LogP contribution in [0.1, 0.15) is 25.5 Å². The van der Waals surface area contributed by atoms with Crippen molar-refractivity contribution in [1.29, 1.82) is 0 Å². The van der Waals surface area contributed by atoms with E-state index < -0.39 is 0 Å². The second kappa shape index (κ2) is 6.32. The van der Waals surface area contributed by atoms with E-state index >= 15 is 0 Å². The van der Waals surface area contributed by atoms with Crippen LogP contribution in [0.3, 0.4) is 0 Å². The van der Waals surface area contributed by atoms with Crippen molar-refractivity contribution >= 4 is 0 Å². The van der Waals surface area contributed by atoms with E-state index in [1.165, 1.54) is 16.7 Å². The zero-order chi connectivity index (χ0) is 17.3. The van der Waals surface area contributed by atoms with E-state index in [0.29, 0.717) is 16.9 Å². The van der Waals surface area contributed by atoms with E-state index in [-0.39, 0.29) is 28.6 Å². The van der Waals surface area contributed by atoms with Crippen molar-refractivity contribution in [3.8, 4) is 22.6 Å². The summed E-state index contributed by atoms with van der Waals surface area (Å²) in [4.78, 5) is 13.1. The average Bonchev–Trinajstić information content (AvgIpc) is 2.56. The lowest BCUT2D eigenvalue weighted by Crippen LogP contribution is -2.24. The van der Waals surface area contributed by atoms with Gasteiger partial charge in [0.15, 0.2) is 0 Å². The van der Waals surface area contributed by atoms with Crippen LogP contribution in [-0.2, 0) is 0 Å². The largest absolute Gasteiger partial charge is 0.507 e. The SMILES string of the molecule is CC(C)c1cc(O)c(-c2ccccc2)c(=O)n1-c1ccc(F)cc1. The maximum Gasteiger partial charge on any atom is 0.266 e. The first kappa shape index (κ1) is 16.0. The lowest BCUT2D eigenvalue weighted by molar-refractivity contribution is 0.472. The van der Waals surface area contributed by atoms with Crippen LogP contribution in [0.5, 0.6) is 5.75 Å². The van der Waals surface area contributed by atoms with Crippen molar-refractivity contribution in [2.45, 2.75) is 19.8 Å². The van der Waals surface area contributed by atoms with Gasteiger partial charge in [-0.05, 0) is 35.7 Å². The van der Waals surface area contributed by atoms with Crippen LogP contribution < -0.4 is 5.56 Å². The molecule has 3 nitrogen and oxygen atoms in total. The van der Waals surface area contributed by atoms with Crippen molar-refractivity contribution in [2.75, 3.05) is 0 Å². The lowest BCUT2D eigenvalue weighted by Gasteiger charge is -2.18. The third-order valence-corrected chi connectivity index (χ3v) is 3.95.